The second-order valence-corrected chi connectivity index (χ2v) is 18.1. The van der Waals surface area contributed by atoms with Crippen LogP contribution >= 0.6 is 0 Å². The van der Waals surface area contributed by atoms with Gasteiger partial charge in [0, 0.05) is 19.3 Å². The lowest BCUT2D eigenvalue weighted by molar-refractivity contribution is -0.167. The molecule has 0 aliphatic carbocycles. The molecule has 0 heterocycles. The standard InChI is InChI=1S/C61H102O6/c1-4-7-10-13-16-19-22-24-25-26-27-28-29-30-31-32-33-34-35-37-39-42-45-48-51-54-60(63)66-57-58(56-65-59(62)53-50-47-44-41-38-21-18-15-12-9-6-3)67-61(64)55-52-49-46-43-40-36-23-20-17-14-11-8-5-2/h7,10-11,14,16,19-20,23-25,27-28,30-31,33-34,58H,4-6,8-9,12-13,15,17-18,21-22,26,29,32,35-57H2,1-3H3/b10-7-,14-11-,19-16-,23-20-,25-24-,28-27-,31-30-,34-33-. The molecule has 0 saturated carbocycles. The maximum Gasteiger partial charge on any atom is 0.306 e. The molecule has 1 unspecified atom stereocenters. The van der Waals surface area contributed by atoms with Gasteiger partial charge in [-0.1, -0.05) is 234 Å². The molecule has 0 aromatic carbocycles. The average molecular weight is 931 g/mol. The second kappa shape index (κ2) is 54.9. The van der Waals surface area contributed by atoms with E-state index < -0.39 is 6.10 Å². The Hall–Kier alpha value is -3.67. The third-order valence-corrected chi connectivity index (χ3v) is 11.6. The Morgan fingerprint density at radius 2 is 0.612 bits per heavy atom. The van der Waals surface area contributed by atoms with Crippen molar-refractivity contribution in [3.63, 3.8) is 0 Å². The largest absolute Gasteiger partial charge is 0.462 e. The summed E-state index contributed by atoms with van der Waals surface area (Å²) in [4.78, 5) is 38.0. The van der Waals surface area contributed by atoms with Gasteiger partial charge in [-0.15, -0.1) is 0 Å². The van der Waals surface area contributed by atoms with Gasteiger partial charge < -0.3 is 14.2 Å². The van der Waals surface area contributed by atoms with Crippen LogP contribution in [-0.2, 0) is 28.6 Å². The van der Waals surface area contributed by atoms with Crippen molar-refractivity contribution in [1.82, 2.24) is 0 Å². The number of carbonyl (C=O) groups is 3. The minimum Gasteiger partial charge on any atom is -0.462 e. The molecule has 0 amide bonds. The van der Waals surface area contributed by atoms with Gasteiger partial charge in [0.15, 0.2) is 6.10 Å². The monoisotopic (exact) mass is 931 g/mol. The summed E-state index contributed by atoms with van der Waals surface area (Å²) in [7, 11) is 0. The number of rotatable bonds is 49. The molecule has 6 heteroatoms. The third kappa shape index (κ3) is 53.2. The summed E-state index contributed by atoms with van der Waals surface area (Å²) >= 11 is 0. The first-order chi connectivity index (χ1) is 33.0. The molecule has 0 aromatic heterocycles. The van der Waals surface area contributed by atoms with Gasteiger partial charge in [-0.25, -0.2) is 0 Å². The van der Waals surface area contributed by atoms with Crippen LogP contribution in [0.5, 0.6) is 0 Å². The van der Waals surface area contributed by atoms with Gasteiger partial charge in [-0.3, -0.25) is 14.4 Å². The van der Waals surface area contributed by atoms with E-state index in [0.29, 0.717) is 19.3 Å². The highest BCUT2D eigenvalue weighted by atomic mass is 16.6. The Balaban J connectivity index is 4.33. The molecule has 0 fully saturated rings. The molecule has 0 spiro atoms. The minimum absolute atomic E-state index is 0.0869. The van der Waals surface area contributed by atoms with Gasteiger partial charge in [0.2, 0.25) is 0 Å². The topological polar surface area (TPSA) is 78.9 Å². The van der Waals surface area contributed by atoms with Gasteiger partial charge in [0.05, 0.1) is 0 Å². The maximum absolute atomic E-state index is 12.8. The smallest absolute Gasteiger partial charge is 0.306 e. The van der Waals surface area contributed by atoms with Gasteiger partial charge in [0.25, 0.3) is 0 Å². The van der Waals surface area contributed by atoms with Crippen molar-refractivity contribution in [1.29, 1.82) is 0 Å². The molecule has 67 heavy (non-hydrogen) atoms. The highest BCUT2D eigenvalue weighted by Crippen LogP contribution is 2.14. The van der Waals surface area contributed by atoms with Gasteiger partial charge in [0.1, 0.15) is 13.2 Å². The van der Waals surface area contributed by atoms with E-state index in [-0.39, 0.29) is 31.1 Å². The lowest BCUT2D eigenvalue weighted by Gasteiger charge is -2.18. The fourth-order valence-electron chi connectivity index (χ4n) is 7.42. The van der Waals surface area contributed by atoms with Crippen molar-refractivity contribution < 1.29 is 28.6 Å². The summed E-state index contributed by atoms with van der Waals surface area (Å²) in [6.45, 7) is 6.43. The number of hydrogen-bond acceptors (Lipinski definition) is 6. The van der Waals surface area contributed by atoms with Crippen LogP contribution < -0.4 is 0 Å². The molecule has 0 aromatic rings. The number of hydrogen-bond donors (Lipinski definition) is 0. The molecule has 0 rings (SSSR count). The molecular formula is C61H102O6. The zero-order valence-electron chi connectivity index (χ0n) is 43.6. The molecule has 0 aliphatic heterocycles. The van der Waals surface area contributed by atoms with E-state index in [4.69, 9.17) is 14.2 Å². The van der Waals surface area contributed by atoms with Gasteiger partial charge in [-0.2, -0.15) is 0 Å². The first-order valence-electron chi connectivity index (χ1n) is 27.7. The van der Waals surface area contributed by atoms with Crippen LogP contribution in [0.15, 0.2) is 97.2 Å². The first kappa shape index (κ1) is 63.3. The molecule has 382 valence electrons. The third-order valence-electron chi connectivity index (χ3n) is 11.6. The Kier molecular flexibility index (Phi) is 51.9. The molecular weight excluding hydrogens is 829 g/mol. The normalized spacial score (nSPS) is 12.8. The summed E-state index contributed by atoms with van der Waals surface area (Å²) in [6.07, 6.45) is 72.5. The zero-order chi connectivity index (χ0) is 48.6. The van der Waals surface area contributed by atoms with Crippen molar-refractivity contribution in [2.24, 2.45) is 0 Å². The highest BCUT2D eigenvalue weighted by Gasteiger charge is 2.19. The van der Waals surface area contributed by atoms with Crippen LogP contribution in [0.3, 0.4) is 0 Å². The van der Waals surface area contributed by atoms with Gasteiger partial charge >= 0.3 is 17.9 Å². The maximum atomic E-state index is 12.8. The molecule has 0 aliphatic rings. The van der Waals surface area contributed by atoms with Crippen molar-refractivity contribution in [2.45, 2.75) is 258 Å². The average Bonchev–Trinajstić information content (AvgIpc) is 3.33. The number of allylic oxidation sites excluding steroid dienone is 16. The summed E-state index contributed by atoms with van der Waals surface area (Å²) in [5.74, 6) is -0.917. The molecule has 6 nitrogen and oxygen atoms in total. The minimum atomic E-state index is -0.789. The highest BCUT2D eigenvalue weighted by molar-refractivity contribution is 5.71. The molecule has 0 bridgehead atoms. The predicted molar refractivity (Wildman–Crippen MR) is 288 cm³/mol. The number of ether oxygens (including phenoxy) is 3. The molecule has 0 radical (unpaired) electrons. The summed E-state index contributed by atoms with van der Waals surface area (Å²) in [5, 5.41) is 0. The summed E-state index contributed by atoms with van der Waals surface area (Å²) in [6, 6.07) is 0. The van der Waals surface area contributed by atoms with E-state index in [1.807, 2.05) is 0 Å². The zero-order valence-corrected chi connectivity index (χ0v) is 43.6. The number of esters is 3. The van der Waals surface area contributed by atoms with Crippen molar-refractivity contribution in [3.05, 3.63) is 97.2 Å². The van der Waals surface area contributed by atoms with Crippen LogP contribution in [0.25, 0.3) is 0 Å². The Bertz CT molecular complexity index is 1350. The van der Waals surface area contributed by atoms with E-state index in [1.165, 1.54) is 70.6 Å². The lowest BCUT2D eigenvalue weighted by Crippen LogP contribution is -2.30. The first-order valence-corrected chi connectivity index (χ1v) is 27.7. The van der Waals surface area contributed by atoms with Crippen LogP contribution in [0.1, 0.15) is 252 Å². The van der Waals surface area contributed by atoms with Crippen molar-refractivity contribution in [3.8, 4) is 0 Å². The lowest BCUT2D eigenvalue weighted by atomic mass is 10.1. The second-order valence-electron chi connectivity index (χ2n) is 18.1. The van der Waals surface area contributed by atoms with Crippen LogP contribution in [0.4, 0.5) is 0 Å². The Morgan fingerprint density at radius 3 is 0.970 bits per heavy atom. The quantitative estimate of drug-likeness (QED) is 0.0262. The van der Waals surface area contributed by atoms with Gasteiger partial charge in [-0.05, 0) is 96.3 Å². The van der Waals surface area contributed by atoms with Crippen LogP contribution in [0, 0.1) is 0 Å². The Morgan fingerprint density at radius 1 is 0.313 bits per heavy atom. The number of unbranched alkanes of at least 4 members (excludes halogenated alkanes) is 22. The van der Waals surface area contributed by atoms with E-state index in [0.717, 1.165) is 141 Å². The van der Waals surface area contributed by atoms with E-state index in [1.54, 1.807) is 0 Å². The summed E-state index contributed by atoms with van der Waals surface area (Å²) in [5.41, 5.74) is 0. The van der Waals surface area contributed by atoms with Crippen molar-refractivity contribution >= 4 is 17.9 Å². The molecule has 0 saturated heterocycles. The van der Waals surface area contributed by atoms with E-state index >= 15 is 0 Å². The van der Waals surface area contributed by atoms with Crippen LogP contribution in [-0.4, -0.2) is 37.2 Å². The molecule has 0 N–H and O–H groups in total. The number of carbonyl (C=O) groups excluding carboxylic acids is 3. The predicted octanol–water partition coefficient (Wildman–Crippen LogP) is 18.5. The molecule has 1 atom stereocenters. The van der Waals surface area contributed by atoms with Crippen LogP contribution in [0.2, 0.25) is 0 Å². The Labute approximate surface area is 413 Å². The van der Waals surface area contributed by atoms with E-state index in [9.17, 15) is 14.4 Å². The fraction of sp³-hybridized carbons (Fsp3) is 0.689. The van der Waals surface area contributed by atoms with Crippen molar-refractivity contribution in [2.75, 3.05) is 13.2 Å². The fourth-order valence-corrected chi connectivity index (χ4v) is 7.42. The SMILES string of the molecule is CC/C=C\C/C=C\C/C=C\C/C=C\C/C=C\C/C=C\CCCCCCCCC(=O)OCC(COC(=O)CCCCCCCCCCCCC)OC(=O)CCCCCCC/C=C\C/C=C\CCC. The van der Waals surface area contributed by atoms with E-state index in [2.05, 4.69) is 118 Å². The summed E-state index contributed by atoms with van der Waals surface area (Å²) < 4.78 is 16.8.